The molecular formula is C26H32F4N4O3. The number of carbonyl (C=O) groups is 1. The number of aromatic nitrogens is 2. The highest BCUT2D eigenvalue weighted by molar-refractivity contribution is 5.80. The van der Waals surface area contributed by atoms with Crippen LogP contribution in [-0.4, -0.2) is 48.5 Å². The van der Waals surface area contributed by atoms with E-state index in [1.54, 1.807) is 18.2 Å². The zero-order valence-corrected chi connectivity index (χ0v) is 21.0. The van der Waals surface area contributed by atoms with Crippen molar-refractivity contribution in [2.75, 3.05) is 31.1 Å². The number of carbonyl (C=O) groups excluding carboxylic acids is 1. The smallest absolute Gasteiger partial charge is 0.405 e. The Morgan fingerprint density at radius 2 is 2.00 bits per heavy atom. The number of alkyl halides is 3. The molecule has 4 rings (SSSR count). The molecule has 0 spiro atoms. The van der Waals surface area contributed by atoms with Gasteiger partial charge >= 0.3 is 12.2 Å². The number of amides is 1. The maximum Gasteiger partial charge on any atom is 0.405 e. The number of benzene rings is 1. The summed E-state index contributed by atoms with van der Waals surface area (Å²) in [5.41, 5.74) is 1.56. The highest BCUT2D eigenvalue weighted by Gasteiger charge is 2.30. The van der Waals surface area contributed by atoms with Gasteiger partial charge in [0.25, 0.3) is 0 Å². The van der Waals surface area contributed by atoms with Crippen LogP contribution in [0, 0.1) is 17.7 Å². The monoisotopic (exact) mass is 524 g/mol. The summed E-state index contributed by atoms with van der Waals surface area (Å²) in [4.78, 5) is 18.5. The van der Waals surface area contributed by atoms with Gasteiger partial charge < -0.3 is 19.5 Å². The van der Waals surface area contributed by atoms with Gasteiger partial charge in [-0.1, -0.05) is 31.1 Å². The number of allylic oxidation sites excluding steroid dienone is 2. The van der Waals surface area contributed by atoms with E-state index in [4.69, 9.17) is 9.26 Å². The second-order valence-electron chi connectivity index (χ2n) is 10.0. The van der Waals surface area contributed by atoms with Crippen LogP contribution in [-0.2, 0) is 4.79 Å². The van der Waals surface area contributed by atoms with Crippen molar-refractivity contribution in [3.63, 3.8) is 0 Å². The van der Waals surface area contributed by atoms with E-state index in [1.807, 2.05) is 19.2 Å². The Balaban J connectivity index is 1.24. The number of nitrogens with zero attached hydrogens (tertiary/aromatic N) is 3. The maximum absolute atomic E-state index is 14.8. The Kier molecular flexibility index (Phi) is 8.39. The van der Waals surface area contributed by atoms with Crippen LogP contribution in [0.3, 0.4) is 0 Å². The van der Waals surface area contributed by atoms with Crippen LogP contribution in [0.15, 0.2) is 28.8 Å². The van der Waals surface area contributed by atoms with E-state index in [-0.39, 0.29) is 17.6 Å². The molecule has 1 atom stereocenters. The minimum Gasteiger partial charge on any atom is -0.490 e. The summed E-state index contributed by atoms with van der Waals surface area (Å²) in [5.74, 6) is -0.223. The van der Waals surface area contributed by atoms with Gasteiger partial charge in [-0.15, -0.1) is 0 Å². The van der Waals surface area contributed by atoms with Gasteiger partial charge in [0.2, 0.25) is 5.91 Å². The minimum atomic E-state index is -4.43. The number of halogens is 4. The minimum absolute atomic E-state index is 0.186. The van der Waals surface area contributed by atoms with Gasteiger partial charge in [-0.3, -0.25) is 4.79 Å². The standard InChI is InChI=1S/C26H32F4N4O3/c1-16(2)23-32-25(37-33-23)34-11-9-17(10-12-34)14-36-22-8-7-20(13-21(22)27)18-3-5-19(6-4-18)24(35)31-15-26(28,29)30/h3,7-8,13,16-17,19H,4-6,9-12,14-15H2,1-2H3,(H,31,35). The van der Waals surface area contributed by atoms with Crippen LogP contribution >= 0.6 is 0 Å². The van der Waals surface area contributed by atoms with Crippen molar-refractivity contribution in [2.45, 2.75) is 58.0 Å². The number of rotatable bonds is 8. The fourth-order valence-electron chi connectivity index (χ4n) is 4.57. The Morgan fingerprint density at radius 3 is 2.59 bits per heavy atom. The van der Waals surface area contributed by atoms with Crippen LogP contribution in [0.1, 0.15) is 63.3 Å². The number of hydrogen-bond acceptors (Lipinski definition) is 6. The van der Waals surface area contributed by atoms with Crippen LogP contribution in [0.25, 0.3) is 5.57 Å². The van der Waals surface area contributed by atoms with Crippen LogP contribution in [0.5, 0.6) is 5.75 Å². The fourth-order valence-corrected chi connectivity index (χ4v) is 4.57. The summed E-state index contributed by atoms with van der Waals surface area (Å²) in [7, 11) is 0. The molecule has 0 radical (unpaired) electrons. The van der Waals surface area contributed by atoms with Crippen molar-refractivity contribution in [1.82, 2.24) is 15.5 Å². The molecule has 1 amide bonds. The molecule has 37 heavy (non-hydrogen) atoms. The highest BCUT2D eigenvalue weighted by Crippen LogP contribution is 2.33. The lowest BCUT2D eigenvalue weighted by Gasteiger charge is -2.30. The number of piperidine rings is 1. The molecule has 1 aliphatic heterocycles. The molecule has 2 aliphatic rings. The summed E-state index contributed by atoms with van der Waals surface area (Å²) in [6.45, 7) is 4.62. The Bertz CT molecular complexity index is 1110. The summed E-state index contributed by atoms with van der Waals surface area (Å²) < 4.78 is 62.9. The predicted molar refractivity (Wildman–Crippen MR) is 130 cm³/mol. The van der Waals surface area contributed by atoms with Crippen molar-refractivity contribution in [3.8, 4) is 5.75 Å². The van der Waals surface area contributed by atoms with Crippen molar-refractivity contribution >= 4 is 17.5 Å². The summed E-state index contributed by atoms with van der Waals surface area (Å²) in [6, 6.07) is 5.33. The number of anilines is 1. The lowest BCUT2D eigenvalue weighted by molar-refractivity contribution is -0.140. The van der Waals surface area contributed by atoms with Gasteiger partial charge in [0.05, 0.1) is 6.61 Å². The Labute approximate surface area is 213 Å². The van der Waals surface area contributed by atoms with E-state index >= 15 is 0 Å². The van der Waals surface area contributed by atoms with Gasteiger partial charge in [-0.05, 0) is 61.3 Å². The van der Waals surface area contributed by atoms with Crippen LogP contribution < -0.4 is 15.0 Å². The van der Waals surface area contributed by atoms with Crippen molar-refractivity contribution < 1.29 is 31.6 Å². The van der Waals surface area contributed by atoms with Gasteiger partial charge in [-0.25, -0.2) is 4.39 Å². The van der Waals surface area contributed by atoms with E-state index in [2.05, 4.69) is 15.0 Å². The SMILES string of the molecule is CC(C)c1noc(N2CCC(COc3ccc(C4=CCC(C(=O)NCC(F)(F)F)CC4)cc3F)CC2)n1. The summed E-state index contributed by atoms with van der Waals surface area (Å²) in [6.07, 6.45) is 0.319. The maximum atomic E-state index is 14.8. The lowest BCUT2D eigenvalue weighted by Crippen LogP contribution is -2.38. The highest BCUT2D eigenvalue weighted by atomic mass is 19.4. The van der Waals surface area contributed by atoms with Crippen LogP contribution in [0.2, 0.25) is 0 Å². The molecule has 0 saturated carbocycles. The third kappa shape index (κ3) is 7.23. The van der Waals surface area contributed by atoms with Crippen molar-refractivity contribution in [1.29, 1.82) is 0 Å². The molecule has 1 aromatic heterocycles. The molecule has 7 nitrogen and oxygen atoms in total. The molecule has 1 saturated heterocycles. The van der Waals surface area contributed by atoms with E-state index in [0.717, 1.165) is 31.5 Å². The first kappa shape index (κ1) is 26.9. The molecule has 2 heterocycles. The molecule has 1 aliphatic carbocycles. The second-order valence-corrected chi connectivity index (χ2v) is 10.0. The average Bonchev–Trinajstić information content (AvgIpc) is 3.37. The van der Waals surface area contributed by atoms with Crippen LogP contribution in [0.4, 0.5) is 23.6 Å². The fraction of sp³-hybridized carbons (Fsp3) is 0.577. The second kappa shape index (κ2) is 11.5. The van der Waals surface area contributed by atoms with Gasteiger partial charge in [0.15, 0.2) is 17.4 Å². The molecular weight excluding hydrogens is 492 g/mol. The van der Waals surface area contributed by atoms with E-state index < -0.39 is 30.4 Å². The Hall–Kier alpha value is -3.11. The van der Waals surface area contributed by atoms with Crippen molar-refractivity contribution in [2.24, 2.45) is 11.8 Å². The molecule has 1 fully saturated rings. The zero-order chi connectivity index (χ0) is 26.6. The molecule has 202 valence electrons. The number of hydrogen-bond donors (Lipinski definition) is 1. The zero-order valence-electron chi connectivity index (χ0n) is 21.0. The summed E-state index contributed by atoms with van der Waals surface area (Å²) >= 11 is 0. The normalized spacial score (nSPS) is 19.2. The predicted octanol–water partition coefficient (Wildman–Crippen LogP) is 5.49. The molecule has 1 unspecified atom stereocenters. The van der Waals surface area contributed by atoms with Gasteiger partial charge in [0.1, 0.15) is 6.54 Å². The largest absolute Gasteiger partial charge is 0.490 e. The molecule has 2 aromatic rings. The Morgan fingerprint density at radius 1 is 1.24 bits per heavy atom. The first-order valence-corrected chi connectivity index (χ1v) is 12.6. The lowest BCUT2D eigenvalue weighted by atomic mass is 9.86. The first-order valence-electron chi connectivity index (χ1n) is 12.6. The van der Waals surface area contributed by atoms with Gasteiger partial charge in [0, 0.05) is 24.9 Å². The number of nitrogens with one attached hydrogen (secondary N) is 1. The third-order valence-electron chi connectivity index (χ3n) is 6.85. The van der Waals surface area contributed by atoms with E-state index in [0.29, 0.717) is 43.3 Å². The topological polar surface area (TPSA) is 80.5 Å². The average molecular weight is 525 g/mol. The third-order valence-corrected chi connectivity index (χ3v) is 6.85. The molecule has 1 aromatic carbocycles. The van der Waals surface area contributed by atoms with Gasteiger partial charge in [-0.2, -0.15) is 18.2 Å². The molecule has 11 heteroatoms. The van der Waals surface area contributed by atoms with Crippen molar-refractivity contribution in [3.05, 3.63) is 41.5 Å². The van der Waals surface area contributed by atoms with E-state index in [1.165, 1.54) is 6.07 Å². The molecule has 0 bridgehead atoms. The first-order chi connectivity index (χ1) is 17.6. The number of ether oxygens (including phenoxy) is 1. The molecule has 1 N–H and O–H groups in total. The van der Waals surface area contributed by atoms with E-state index in [9.17, 15) is 22.4 Å². The summed E-state index contributed by atoms with van der Waals surface area (Å²) in [5, 5.41) is 5.95. The quantitative estimate of drug-likeness (QED) is 0.460.